The van der Waals surface area contributed by atoms with Crippen molar-refractivity contribution in [3.8, 4) is 5.75 Å². The van der Waals surface area contributed by atoms with E-state index in [1.165, 1.54) is 32.1 Å². The van der Waals surface area contributed by atoms with Crippen molar-refractivity contribution in [1.29, 1.82) is 0 Å². The highest BCUT2D eigenvalue weighted by atomic mass is 16.3. The first kappa shape index (κ1) is 12.4. The lowest BCUT2D eigenvalue weighted by molar-refractivity contribution is 0.130. The zero-order valence-corrected chi connectivity index (χ0v) is 10.3. The fourth-order valence-corrected chi connectivity index (χ4v) is 2.85. The third-order valence-corrected chi connectivity index (χ3v) is 3.71. The molecule has 0 bridgehead atoms. The maximum atomic E-state index is 10.1. The van der Waals surface area contributed by atoms with E-state index < -0.39 is 0 Å². The fourth-order valence-electron chi connectivity index (χ4n) is 2.85. The maximum absolute atomic E-state index is 10.1. The van der Waals surface area contributed by atoms with Crippen LogP contribution in [-0.2, 0) is 6.42 Å². The zero-order valence-electron chi connectivity index (χ0n) is 10.3. The van der Waals surface area contributed by atoms with Gasteiger partial charge in [-0.05, 0) is 36.5 Å². The Hall–Kier alpha value is -1.02. The lowest BCUT2D eigenvalue weighted by Gasteiger charge is -2.24. The minimum absolute atomic E-state index is 0.264. The van der Waals surface area contributed by atoms with Gasteiger partial charge in [0.25, 0.3) is 0 Å². The summed E-state index contributed by atoms with van der Waals surface area (Å²) >= 11 is 0. The van der Waals surface area contributed by atoms with Gasteiger partial charge in [0.1, 0.15) is 5.75 Å². The summed E-state index contributed by atoms with van der Waals surface area (Å²) in [6.45, 7) is 0. The van der Waals surface area contributed by atoms with Crippen molar-refractivity contribution >= 4 is 0 Å². The second-order valence-corrected chi connectivity index (χ2v) is 5.27. The second kappa shape index (κ2) is 6.06. The Bertz CT molecular complexity index is 343. The molecule has 1 fully saturated rings. The van der Waals surface area contributed by atoms with Gasteiger partial charge in [-0.25, -0.2) is 0 Å². The molecular formula is C15H22O2. The molecule has 1 aromatic carbocycles. The van der Waals surface area contributed by atoms with Crippen LogP contribution < -0.4 is 0 Å². The molecule has 1 saturated carbocycles. The average Bonchev–Trinajstić information content (AvgIpc) is 2.30. The smallest absolute Gasteiger partial charge is 0.115 e. The number of aliphatic hydroxyl groups excluding tert-OH is 1. The third kappa shape index (κ3) is 4.04. The van der Waals surface area contributed by atoms with Crippen LogP contribution in [0.5, 0.6) is 5.75 Å². The van der Waals surface area contributed by atoms with Crippen LogP contribution in [0.15, 0.2) is 24.3 Å². The lowest BCUT2D eigenvalue weighted by atomic mass is 9.84. The molecule has 1 aromatic rings. The Morgan fingerprint density at radius 1 is 1.18 bits per heavy atom. The van der Waals surface area contributed by atoms with Crippen LogP contribution in [0.4, 0.5) is 0 Å². The average molecular weight is 234 g/mol. The summed E-state index contributed by atoms with van der Waals surface area (Å²) in [5.41, 5.74) is 1.02. The molecule has 0 aliphatic heterocycles. The first-order chi connectivity index (χ1) is 8.24. The van der Waals surface area contributed by atoms with E-state index in [1.807, 2.05) is 12.1 Å². The lowest BCUT2D eigenvalue weighted by Crippen LogP contribution is -2.18. The summed E-state index contributed by atoms with van der Waals surface area (Å²) in [5, 5.41) is 19.4. The SMILES string of the molecule is Oc1cccc(CC(O)CC2CCCCC2)c1. The van der Waals surface area contributed by atoms with Gasteiger partial charge in [0, 0.05) is 0 Å². The summed E-state index contributed by atoms with van der Waals surface area (Å²) in [6.07, 6.45) is 7.86. The van der Waals surface area contributed by atoms with Crippen LogP contribution in [0.1, 0.15) is 44.1 Å². The molecule has 1 aliphatic carbocycles. The molecule has 17 heavy (non-hydrogen) atoms. The fraction of sp³-hybridized carbons (Fsp3) is 0.600. The summed E-state index contributed by atoms with van der Waals surface area (Å²) in [6, 6.07) is 7.20. The number of rotatable bonds is 4. The normalized spacial score (nSPS) is 19.1. The van der Waals surface area contributed by atoms with Gasteiger partial charge in [0.2, 0.25) is 0 Å². The predicted octanol–water partition coefficient (Wildman–Crippen LogP) is 3.27. The van der Waals surface area contributed by atoms with Crippen LogP contribution in [-0.4, -0.2) is 16.3 Å². The van der Waals surface area contributed by atoms with Gasteiger partial charge in [-0.2, -0.15) is 0 Å². The van der Waals surface area contributed by atoms with E-state index in [9.17, 15) is 10.2 Å². The first-order valence-electron chi connectivity index (χ1n) is 6.70. The van der Waals surface area contributed by atoms with E-state index in [0.29, 0.717) is 12.3 Å². The summed E-state index contributed by atoms with van der Waals surface area (Å²) < 4.78 is 0. The number of hydrogen-bond acceptors (Lipinski definition) is 2. The molecule has 1 atom stereocenters. The van der Waals surface area contributed by atoms with Crippen LogP contribution >= 0.6 is 0 Å². The Labute approximate surface area is 103 Å². The number of hydrogen-bond donors (Lipinski definition) is 2. The molecule has 2 N–H and O–H groups in total. The highest BCUT2D eigenvalue weighted by Crippen LogP contribution is 2.28. The van der Waals surface area contributed by atoms with Crippen molar-refractivity contribution in [2.75, 3.05) is 0 Å². The Balaban J connectivity index is 1.82. The maximum Gasteiger partial charge on any atom is 0.115 e. The molecule has 1 unspecified atom stereocenters. The van der Waals surface area contributed by atoms with Crippen molar-refractivity contribution in [2.24, 2.45) is 5.92 Å². The van der Waals surface area contributed by atoms with Gasteiger partial charge >= 0.3 is 0 Å². The number of aliphatic hydroxyl groups is 1. The zero-order chi connectivity index (χ0) is 12.1. The molecular weight excluding hydrogens is 212 g/mol. The molecule has 94 valence electrons. The van der Waals surface area contributed by atoms with E-state index in [-0.39, 0.29) is 11.9 Å². The molecule has 0 aromatic heterocycles. The van der Waals surface area contributed by atoms with E-state index in [0.717, 1.165) is 12.0 Å². The van der Waals surface area contributed by atoms with Crippen molar-refractivity contribution in [3.63, 3.8) is 0 Å². The number of aromatic hydroxyl groups is 1. The van der Waals surface area contributed by atoms with Gasteiger partial charge in [-0.15, -0.1) is 0 Å². The largest absolute Gasteiger partial charge is 0.508 e. The number of phenols is 1. The van der Waals surface area contributed by atoms with Gasteiger partial charge in [-0.3, -0.25) is 0 Å². The van der Waals surface area contributed by atoms with Gasteiger partial charge in [0.15, 0.2) is 0 Å². The molecule has 0 heterocycles. The number of benzene rings is 1. The van der Waals surface area contributed by atoms with Crippen molar-refractivity contribution < 1.29 is 10.2 Å². The van der Waals surface area contributed by atoms with Crippen molar-refractivity contribution in [1.82, 2.24) is 0 Å². The molecule has 0 saturated heterocycles. The van der Waals surface area contributed by atoms with Gasteiger partial charge in [-0.1, -0.05) is 44.2 Å². The molecule has 2 nitrogen and oxygen atoms in total. The Morgan fingerprint density at radius 3 is 2.65 bits per heavy atom. The van der Waals surface area contributed by atoms with Gasteiger partial charge in [0.05, 0.1) is 6.10 Å². The van der Waals surface area contributed by atoms with Crippen LogP contribution in [0.2, 0.25) is 0 Å². The molecule has 0 amide bonds. The topological polar surface area (TPSA) is 40.5 Å². The molecule has 2 rings (SSSR count). The summed E-state index contributed by atoms with van der Waals surface area (Å²) in [5.74, 6) is 0.989. The quantitative estimate of drug-likeness (QED) is 0.839. The predicted molar refractivity (Wildman–Crippen MR) is 69.0 cm³/mol. The van der Waals surface area contributed by atoms with Crippen LogP contribution in [0.25, 0.3) is 0 Å². The highest BCUT2D eigenvalue weighted by molar-refractivity contribution is 5.27. The first-order valence-corrected chi connectivity index (χ1v) is 6.70. The van der Waals surface area contributed by atoms with E-state index in [2.05, 4.69) is 0 Å². The minimum atomic E-state index is -0.264. The van der Waals surface area contributed by atoms with Crippen LogP contribution in [0.3, 0.4) is 0 Å². The minimum Gasteiger partial charge on any atom is -0.508 e. The third-order valence-electron chi connectivity index (χ3n) is 3.71. The molecule has 2 heteroatoms. The number of phenolic OH excluding ortho intramolecular Hbond substituents is 1. The summed E-state index contributed by atoms with van der Waals surface area (Å²) in [7, 11) is 0. The van der Waals surface area contributed by atoms with E-state index >= 15 is 0 Å². The van der Waals surface area contributed by atoms with Crippen molar-refractivity contribution in [3.05, 3.63) is 29.8 Å². The van der Waals surface area contributed by atoms with Gasteiger partial charge < -0.3 is 10.2 Å². The highest BCUT2D eigenvalue weighted by Gasteiger charge is 2.17. The Kier molecular flexibility index (Phi) is 4.43. The molecule has 0 radical (unpaired) electrons. The summed E-state index contributed by atoms with van der Waals surface area (Å²) in [4.78, 5) is 0. The Morgan fingerprint density at radius 2 is 1.94 bits per heavy atom. The molecule has 1 aliphatic rings. The monoisotopic (exact) mass is 234 g/mol. The standard InChI is InChI=1S/C15H22O2/c16-14-8-4-7-13(10-14)11-15(17)9-12-5-2-1-3-6-12/h4,7-8,10,12,15-17H,1-3,5-6,9,11H2. The molecule has 0 spiro atoms. The van der Waals surface area contributed by atoms with Crippen molar-refractivity contribution in [2.45, 2.75) is 51.0 Å². The van der Waals surface area contributed by atoms with E-state index in [1.54, 1.807) is 12.1 Å². The second-order valence-electron chi connectivity index (χ2n) is 5.27. The van der Waals surface area contributed by atoms with E-state index in [4.69, 9.17) is 0 Å². The van der Waals surface area contributed by atoms with Crippen LogP contribution in [0, 0.1) is 5.92 Å².